The molecule has 0 aromatic heterocycles. The number of ketones is 1. The molecule has 0 aliphatic carbocycles. The molecule has 0 radical (unpaired) electrons. The highest BCUT2D eigenvalue weighted by Gasteiger charge is 2.12. The lowest BCUT2D eigenvalue weighted by Crippen LogP contribution is -2.21. The average Bonchev–Trinajstić information content (AvgIpc) is 2.15. The summed E-state index contributed by atoms with van der Waals surface area (Å²) in [5.41, 5.74) is 0. The lowest BCUT2D eigenvalue weighted by atomic mass is 10.1. The van der Waals surface area contributed by atoms with Gasteiger partial charge in [0.2, 0.25) is 0 Å². The Balaban J connectivity index is 3.71. The Morgan fingerprint density at radius 1 is 1.14 bits per heavy atom. The Labute approximate surface area is 86.8 Å². The Bertz CT molecular complexity index is 139. The fraction of sp³-hybridized carbons (Fsp3) is 0.909. The molecule has 0 fully saturated rings. The topological polar surface area (TPSA) is 35.5 Å². The highest BCUT2D eigenvalue weighted by atomic mass is 16.7. The fourth-order valence-electron chi connectivity index (χ4n) is 1.20. The number of ether oxygens (including phenoxy) is 2. The number of hydrogen-bond acceptors (Lipinski definition) is 3. The van der Waals surface area contributed by atoms with E-state index in [0.717, 1.165) is 12.8 Å². The van der Waals surface area contributed by atoms with E-state index in [4.69, 9.17) is 9.47 Å². The molecular weight excluding hydrogens is 180 g/mol. The molecule has 0 spiro atoms. The van der Waals surface area contributed by atoms with Gasteiger partial charge in [-0.15, -0.1) is 0 Å². The van der Waals surface area contributed by atoms with Crippen molar-refractivity contribution < 1.29 is 14.3 Å². The van der Waals surface area contributed by atoms with Gasteiger partial charge in [-0.3, -0.25) is 4.79 Å². The summed E-state index contributed by atoms with van der Waals surface area (Å²) in [6.07, 6.45) is 2.72. The number of rotatable bonds is 9. The third kappa shape index (κ3) is 7.04. The number of carbonyl (C=O) groups excluding carboxylic acids is 1. The largest absolute Gasteiger partial charge is 0.352 e. The summed E-state index contributed by atoms with van der Waals surface area (Å²) in [4.78, 5) is 11.4. The summed E-state index contributed by atoms with van der Waals surface area (Å²) >= 11 is 0. The van der Waals surface area contributed by atoms with Gasteiger partial charge in [-0.25, -0.2) is 0 Å². The molecule has 3 nitrogen and oxygen atoms in total. The van der Waals surface area contributed by atoms with Crippen LogP contribution in [0.15, 0.2) is 0 Å². The van der Waals surface area contributed by atoms with Crippen molar-refractivity contribution in [2.45, 2.75) is 52.7 Å². The lowest BCUT2D eigenvalue weighted by molar-refractivity contribution is -0.152. The molecule has 84 valence electrons. The van der Waals surface area contributed by atoms with Gasteiger partial charge < -0.3 is 9.47 Å². The van der Waals surface area contributed by atoms with Gasteiger partial charge in [0.1, 0.15) is 5.78 Å². The van der Waals surface area contributed by atoms with Gasteiger partial charge in [-0.05, 0) is 20.3 Å². The molecule has 0 N–H and O–H groups in total. The van der Waals surface area contributed by atoms with Crippen LogP contribution in [0.4, 0.5) is 0 Å². The molecule has 0 aliphatic heterocycles. The molecule has 0 atom stereocenters. The maximum absolute atomic E-state index is 11.4. The minimum Gasteiger partial charge on any atom is -0.352 e. The van der Waals surface area contributed by atoms with E-state index in [9.17, 15) is 4.79 Å². The summed E-state index contributed by atoms with van der Waals surface area (Å²) < 4.78 is 10.6. The summed E-state index contributed by atoms with van der Waals surface area (Å²) in [6.45, 7) is 7.07. The third-order valence-corrected chi connectivity index (χ3v) is 1.91. The zero-order valence-corrected chi connectivity index (χ0v) is 9.54. The molecule has 0 rings (SSSR count). The predicted octanol–water partition coefficient (Wildman–Crippen LogP) is 2.53. The monoisotopic (exact) mass is 202 g/mol. The van der Waals surface area contributed by atoms with Crippen LogP contribution in [0.5, 0.6) is 0 Å². The molecule has 14 heavy (non-hydrogen) atoms. The number of Topliss-reactive ketones (excluding diaryl/α,β-unsaturated/α-hetero) is 1. The third-order valence-electron chi connectivity index (χ3n) is 1.91. The second-order valence-electron chi connectivity index (χ2n) is 3.19. The van der Waals surface area contributed by atoms with Crippen molar-refractivity contribution in [3.8, 4) is 0 Å². The molecule has 0 saturated carbocycles. The van der Waals surface area contributed by atoms with Crippen LogP contribution in [0.2, 0.25) is 0 Å². The van der Waals surface area contributed by atoms with Crippen molar-refractivity contribution in [2.24, 2.45) is 0 Å². The Morgan fingerprint density at radius 3 is 2.14 bits per heavy atom. The number of hydrogen-bond donors (Lipinski definition) is 0. The van der Waals surface area contributed by atoms with Crippen LogP contribution in [0.25, 0.3) is 0 Å². The lowest BCUT2D eigenvalue weighted by Gasteiger charge is -2.15. The second kappa shape index (κ2) is 9.16. The van der Waals surface area contributed by atoms with Crippen molar-refractivity contribution in [3.63, 3.8) is 0 Å². The first-order valence-electron chi connectivity index (χ1n) is 5.49. The Morgan fingerprint density at radius 2 is 1.71 bits per heavy atom. The van der Waals surface area contributed by atoms with Gasteiger partial charge >= 0.3 is 0 Å². The first kappa shape index (κ1) is 13.6. The van der Waals surface area contributed by atoms with E-state index in [1.165, 1.54) is 0 Å². The summed E-state index contributed by atoms with van der Waals surface area (Å²) in [5.74, 6) is 0.235. The van der Waals surface area contributed by atoms with E-state index < -0.39 is 0 Å². The van der Waals surface area contributed by atoms with Crippen LogP contribution in [-0.2, 0) is 14.3 Å². The fourth-order valence-corrected chi connectivity index (χ4v) is 1.20. The molecule has 0 unspecified atom stereocenters. The Kier molecular flexibility index (Phi) is 8.89. The van der Waals surface area contributed by atoms with E-state index in [-0.39, 0.29) is 12.1 Å². The quantitative estimate of drug-likeness (QED) is 0.539. The standard InChI is InChI=1S/C11H22O3/c1-4-7-8-10(12)9-11(13-5-2)14-6-3/h11H,4-9H2,1-3H3. The molecular formula is C11H22O3. The minimum atomic E-state index is -0.339. The summed E-state index contributed by atoms with van der Waals surface area (Å²) in [5, 5.41) is 0. The summed E-state index contributed by atoms with van der Waals surface area (Å²) in [7, 11) is 0. The van der Waals surface area contributed by atoms with Crippen LogP contribution in [0.3, 0.4) is 0 Å². The maximum Gasteiger partial charge on any atom is 0.164 e. The smallest absolute Gasteiger partial charge is 0.164 e. The highest BCUT2D eigenvalue weighted by molar-refractivity contribution is 5.78. The molecule has 3 heteroatoms. The van der Waals surface area contributed by atoms with Crippen LogP contribution < -0.4 is 0 Å². The van der Waals surface area contributed by atoms with E-state index in [0.29, 0.717) is 26.1 Å². The Hall–Kier alpha value is -0.410. The van der Waals surface area contributed by atoms with E-state index in [1.807, 2.05) is 13.8 Å². The predicted molar refractivity (Wildman–Crippen MR) is 56.2 cm³/mol. The van der Waals surface area contributed by atoms with E-state index in [2.05, 4.69) is 6.92 Å². The van der Waals surface area contributed by atoms with Crippen molar-refractivity contribution in [1.29, 1.82) is 0 Å². The molecule has 0 bridgehead atoms. The normalized spacial score (nSPS) is 10.9. The molecule has 0 aromatic rings. The van der Waals surface area contributed by atoms with Crippen molar-refractivity contribution in [1.82, 2.24) is 0 Å². The van der Waals surface area contributed by atoms with Crippen LogP contribution in [-0.4, -0.2) is 25.3 Å². The van der Waals surface area contributed by atoms with Gasteiger partial charge in [-0.1, -0.05) is 13.3 Å². The summed E-state index contributed by atoms with van der Waals surface area (Å²) in [6, 6.07) is 0. The van der Waals surface area contributed by atoms with Crippen molar-refractivity contribution >= 4 is 5.78 Å². The van der Waals surface area contributed by atoms with Gasteiger partial charge in [0.05, 0.1) is 6.42 Å². The van der Waals surface area contributed by atoms with E-state index in [1.54, 1.807) is 0 Å². The van der Waals surface area contributed by atoms with Crippen LogP contribution >= 0.6 is 0 Å². The van der Waals surface area contributed by atoms with Crippen LogP contribution in [0, 0.1) is 0 Å². The minimum absolute atomic E-state index is 0.235. The molecule has 0 heterocycles. The van der Waals surface area contributed by atoms with Crippen molar-refractivity contribution in [2.75, 3.05) is 13.2 Å². The zero-order chi connectivity index (χ0) is 10.8. The second-order valence-corrected chi connectivity index (χ2v) is 3.19. The maximum atomic E-state index is 11.4. The zero-order valence-electron chi connectivity index (χ0n) is 9.54. The molecule has 0 saturated heterocycles. The average molecular weight is 202 g/mol. The number of carbonyl (C=O) groups is 1. The van der Waals surface area contributed by atoms with Gasteiger partial charge in [0.25, 0.3) is 0 Å². The van der Waals surface area contributed by atoms with Gasteiger partial charge in [0, 0.05) is 19.6 Å². The first-order valence-corrected chi connectivity index (χ1v) is 5.49. The highest BCUT2D eigenvalue weighted by Crippen LogP contribution is 2.06. The van der Waals surface area contributed by atoms with E-state index >= 15 is 0 Å². The molecule has 0 aliphatic rings. The van der Waals surface area contributed by atoms with Gasteiger partial charge in [-0.2, -0.15) is 0 Å². The molecule has 0 amide bonds. The van der Waals surface area contributed by atoms with Crippen LogP contribution in [0.1, 0.15) is 46.5 Å². The van der Waals surface area contributed by atoms with Gasteiger partial charge in [0.15, 0.2) is 6.29 Å². The van der Waals surface area contributed by atoms with Crippen molar-refractivity contribution in [3.05, 3.63) is 0 Å². The molecule has 0 aromatic carbocycles. The first-order chi connectivity index (χ1) is 6.74. The SMILES string of the molecule is CCCCC(=O)CC(OCC)OCC. The number of unbranched alkanes of at least 4 members (excludes halogenated alkanes) is 1.